The lowest BCUT2D eigenvalue weighted by Gasteiger charge is -2.08. The minimum atomic E-state index is 0.683. The van der Waals surface area contributed by atoms with E-state index in [4.69, 9.17) is 10.8 Å². The molecule has 0 fully saturated rings. The molecule has 3 nitrogen and oxygen atoms in total. The molecule has 0 aliphatic carbocycles. The summed E-state index contributed by atoms with van der Waals surface area (Å²) in [6.07, 6.45) is 2.88. The minimum absolute atomic E-state index is 0.683. The van der Waals surface area contributed by atoms with E-state index in [1.807, 2.05) is 6.07 Å². The molecule has 0 atom stereocenters. The molecule has 0 bridgehead atoms. The van der Waals surface area contributed by atoms with Crippen molar-refractivity contribution in [1.82, 2.24) is 9.78 Å². The second-order valence-corrected chi connectivity index (χ2v) is 5.82. The van der Waals surface area contributed by atoms with Crippen molar-refractivity contribution < 1.29 is 0 Å². The molecule has 20 heavy (non-hydrogen) atoms. The van der Waals surface area contributed by atoms with Gasteiger partial charge in [-0.15, -0.1) is 0 Å². The standard InChI is InChI=1S/C16H22BrN3/c1-3-15-14(8-9-18)16(4-2)20(19-15)11-12-6-5-7-13(17)10-12/h5-7,10H,3-4,8-9,11,18H2,1-2H3. The topological polar surface area (TPSA) is 43.8 Å². The Morgan fingerprint density at radius 3 is 2.65 bits per heavy atom. The maximum Gasteiger partial charge on any atom is 0.0663 e. The Kier molecular flexibility index (Phi) is 5.38. The molecule has 2 N–H and O–H groups in total. The van der Waals surface area contributed by atoms with Crippen LogP contribution in [0.4, 0.5) is 0 Å². The summed E-state index contributed by atoms with van der Waals surface area (Å²) in [5.74, 6) is 0. The number of nitrogens with two attached hydrogens (primary N) is 1. The lowest BCUT2D eigenvalue weighted by atomic mass is 10.1. The van der Waals surface area contributed by atoms with Gasteiger partial charge in [-0.05, 0) is 49.1 Å². The van der Waals surface area contributed by atoms with Gasteiger partial charge in [-0.2, -0.15) is 5.10 Å². The van der Waals surface area contributed by atoms with Gasteiger partial charge in [-0.25, -0.2) is 0 Å². The first kappa shape index (κ1) is 15.3. The molecule has 0 unspecified atom stereocenters. The lowest BCUT2D eigenvalue weighted by molar-refractivity contribution is 0.639. The molecule has 1 aromatic heterocycles. The highest BCUT2D eigenvalue weighted by Crippen LogP contribution is 2.19. The second-order valence-electron chi connectivity index (χ2n) is 4.91. The van der Waals surface area contributed by atoms with E-state index < -0.39 is 0 Å². The maximum atomic E-state index is 5.75. The molecule has 108 valence electrons. The number of benzene rings is 1. The molecule has 4 heteroatoms. The smallest absolute Gasteiger partial charge is 0.0663 e. The van der Waals surface area contributed by atoms with E-state index in [1.54, 1.807) is 0 Å². The van der Waals surface area contributed by atoms with Crippen LogP contribution in [0.15, 0.2) is 28.7 Å². The van der Waals surface area contributed by atoms with Crippen LogP contribution < -0.4 is 5.73 Å². The zero-order valence-corrected chi connectivity index (χ0v) is 13.8. The van der Waals surface area contributed by atoms with Gasteiger partial charge >= 0.3 is 0 Å². The lowest BCUT2D eigenvalue weighted by Crippen LogP contribution is -2.09. The van der Waals surface area contributed by atoms with Gasteiger partial charge in [-0.1, -0.05) is 41.9 Å². The third kappa shape index (κ3) is 3.30. The van der Waals surface area contributed by atoms with E-state index in [-0.39, 0.29) is 0 Å². The van der Waals surface area contributed by atoms with Crippen LogP contribution in [0.2, 0.25) is 0 Å². The van der Waals surface area contributed by atoms with Crippen molar-refractivity contribution >= 4 is 15.9 Å². The predicted octanol–water partition coefficient (Wildman–Crippen LogP) is 3.32. The third-order valence-corrected chi connectivity index (χ3v) is 4.03. The Balaban J connectivity index is 2.36. The fourth-order valence-corrected chi connectivity index (χ4v) is 3.09. The SMILES string of the molecule is CCc1nn(Cc2cccc(Br)c2)c(CC)c1CCN. The first-order valence-electron chi connectivity index (χ1n) is 7.21. The molecule has 2 rings (SSSR count). The van der Waals surface area contributed by atoms with Gasteiger partial charge in [0.1, 0.15) is 0 Å². The average molecular weight is 336 g/mol. The number of rotatable bonds is 6. The van der Waals surface area contributed by atoms with Gasteiger partial charge in [0, 0.05) is 10.2 Å². The zero-order valence-electron chi connectivity index (χ0n) is 12.2. The minimum Gasteiger partial charge on any atom is -0.330 e. The summed E-state index contributed by atoms with van der Waals surface area (Å²) < 4.78 is 3.25. The van der Waals surface area contributed by atoms with Crippen molar-refractivity contribution in [3.05, 3.63) is 51.3 Å². The fourth-order valence-electron chi connectivity index (χ4n) is 2.64. The summed E-state index contributed by atoms with van der Waals surface area (Å²) in [5, 5.41) is 4.79. The van der Waals surface area contributed by atoms with Crippen LogP contribution in [0.1, 0.15) is 36.4 Å². The van der Waals surface area contributed by atoms with Crippen molar-refractivity contribution in [1.29, 1.82) is 0 Å². The molecular weight excluding hydrogens is 314 g/mol. The summed E-state index contributed by atoms with van der Waals surface area (Å²) in [7, 11) is 0. The maximum absolute atomic E-state index is 5.75. The van der Waals surface area contributed by atoms with Crippen LogP contribution >= 0.6 is 15.9 Å². The molecule has 0 amide bonds. The fraction of sp³-hybridized carbons (Fsp3) is 0.438. The molecule has 1 heterocycles. The summed E-state index contributed by atoms with van der Waals surface area (Å²) in [6, 6.07) is 8.40. The summed E-state index contributed by atoms with van der Waals surface area (Å²) in [4.78, 5) is 0. The Labute approximate surface area is 129 Å². The first-order valence-corrected chi connectivity index (χ1v) is 8.00. The quantitative estimate of drug-likeness (QED) is 0.879. The molecule has 2 aromatic rings. The molecule has 0 saturated heterocycles. The van der Waals surface area contributed by atoms with Gasteiger partial charge in [0.05, 0.1) is 12.2 Å². The van der Waals surface area contributed by atoms with E-state index >= 15 is 0 Å². The number of hydrogen-bond donors (Lipinski definition) is 1. The normalized spacial score (nSPS) is 11.0. The van der Waals surface area contributed by atoms with Crippen molar-refractivity contribution in [2.24, 2.45) is 5.73 Å². The van der Waals surface area contributed by atoms with Crippen molar-refractivity contribution in [3.63, 3.8) is 0 Å². The molecular formula is C16H22BrN3. The van der Waals surface area contributed by atoms with E-state index in [2.05, 4.69) is 52.7 Å². The van der Waals surface area contributed by atoms with Crippen LogP contribution in [-0.2, 0) is 25.8 Å². The van der Waals surface area contributed by atoms with E-state index in [9.17, 15) is 0 Å². The van der Waals surface area contributed by atoms with Gasteiger partial charge in [0.2, 0.25) is 0 Å². The van der Waals surface area contributed by atoms with Crippen LogP contribution in [0.3, 0.4) is 0 Å². The Bertz CT molecular complexity index is 575. The van der Waals surface area contributed by atoms with Crippen LogP contribution in [0, 0.1) is 0 Å². The number of aromatic nitrogens is 2. The van der Waals surface area contributed by atoms with Crippen LogP contribution in [0.25, 0.3) is 0 Å². The Hall–Kier alpha value is -1.13. The van der Waals surface area contributed by atoms with E-state index in [0.29, 0.717) is 6.54 Å². The van der Waals surface area contributed by atoms with Gasteiger partial charge in [-0.3, -0.25) is 4.68 Å². The van der Waals surface area contributed by atoms with Crippen LogP contribution in [0.5, 0.6) is 0 Å². The predicted molar refractivity (Wildman–Crippen MR) is 87.0 cm³/mol. The molecule has 0 spiro atoms. The molecule has 0 saturated carbocycles. The molecule has 1 aromatic carbocycles. The van der Waals surface area contributed by atoms with Crippen molar-refractivity contribution in [2.45, 2.75) is 39.7 Å². The Morgan fingerprint density at radius 2 is 2.05 bits per heavy atom. The first-order chi connectivity index (χ1) is 9.69. The van der Waals surface area contributed by atoms with Crippen LogP contribution in [-0.4, -0.2) is 16.3 Å². The summed E-state index contributed by atoms with van der Waals surface area (Å²) in [5.41, 5.74) is 10.9. The number of hydrogen-bond acceptors (Lipinski definition) is 2. The molecule has 0 aliphatic rings. The highest BCUT2D eigenvalue weighted by Gasteiger charge is 2.14. The largest absolute Gasteiger partial charge is 0.330 e. The highest BCUT2D eigenvalue weighted by molar-refractivity contribution is 9.10. The van der Waals surface area contributed by atoms with Gasteiger partial charge < -0.3 is 5.73 Å². The monoisotopic (exact) mass is 335 g/mol. The van der Waals surface area contributed by atoms with E-state index in [0.717, 1.165) is 30.3 Å². The summed E-state index contributed by atoms with van der Waals surface area (Å²) in [6.45, 7) is 5.85. The number of nitrogens with zero attached hydrogens (tertiary/aromatic N) is 2. The average Bonchev–Trinajstić information content (AvgIpc) is 2.76. The Morgan fingerprint density at radius 1 is 1.25 bits per heavy atom. The molecule has 0 aliphatic heterocycles. The van der Waals surface area contributed by atoms with Gasteiger partial charge in [0.25, 0.3) is 0 Å². The second kappa shape index (κ2) is 7.04. The zero-order chi connectivity index (χ0) is 14.5. The molecule has 0 radical (unpaired) electrons. The van der Waals surface area contributed by atoms with E-state index in [1.165, 1.54) is 22.5 Å². The third-order valence-electron chi connectivity index (χ3n) is 3.54. The number of aryl methyl sites for hydroxylation is 1. The number of halogens is 1. The highest BCUT2D eigenvalue weighted by atomic mass is 79.9. The van der Waals surface area contributed by atoms with Crippen molar-refractivity contribution in [3.8, 4) is 0 Å². The van der Waals surface area contributed by atoms with Gasteiger partial charge in [0.15, 0.2) is 0 Å². The summed E-state index contributed by atoms with van der Waals surface area (Å²) >= 11 is 3.52. The van der Waals surface area contributed by atoms with Crippen molar-refractivity contribution in [2.75, 3.05) is 6.54 Å².